The van der Waals surface area contributed by atoms with Crippen molar-refractivity contribution in [2.75, 3.05) is 0 Å². The predicted octanol–water partition coefficient (Wildman–Crippen LogP) is 3.99. The molecule has 4 rings (SSSR count). The number of hydrogen-bond donors (Lipinski definition) is 1. The second kappa shape index (κ2) is 8.50. The van der Waals surface area contributed by atoms with Crippen LogP contribution < -0.4 is 0 Å². The lowest BCUT2D eigenvalue weighted by molar-refractivity contribution is 0.0697. The minimum absolute atomic E-state index is 0.0307. The summed E-state index contributed by atoms with van der Waals surface area (Å²) < 4.78 is 1.88. The Hall–Kier alpha value is -4.20. The summed E-state index contributed by atoms with van der Waals surface area (Å²) in [6.07, 6.45) is 1.19. The van der Waals surface area contributed by atoms with Crippen molar-refractivity contribution < 1.29 is 19.5 Å². The highest BCUT2D eigenvalue weighted by molar-refractivity contribution is 5.99. The van der Waals surface area contributed by atoms with E-state index in [1.54, 1.807) is 24.3 Å². The van der Waals surface area contributed by atoms with Crippen molar-refractivity contribution in [1.29, 1.82) is 0 Å². The topological polar surface area (TPSA) is 115 Å². The molecule has 0 amide bonds. The number of hydrogen-bond acceptors (Lipinski definition) is 6. The van der Waals surface area contributed by atoms with E-state index in [-0.39, 0.29) is 22.9 Å². The van der Waals surface area contributed by atoms with Crippen LogP contribution in [-0.2, 0) is 6.54 Å². The maximum atomic E-state index is 11.6. The number of carbonyl (C=O) groups is 3. The third-order valence-electron chi connectivity index (χ3n) is 5.25. The van der Waals surface area contributed by atoms with E-state index in [9.17, 15) is 19.5 Å². The van der Waals surface area contributed by atoms with Gasteiger partial charge in [-0.25, -0.2) is 9.78 Å². The van der Waals surface area contributed by atoms with E-state index < -0.39 is 5.97 Å². The largest absolute Gasteiger partial charge is 0.478 e. The zero-order chi connectivity index (χ0) is 22.8. The lowest BCUT2D eigenvalue weighted by Gasteiger charge is -2.13. The molecule has 2 aromatic carbocycles. The number of imidazole rings is 1. The van der Waals surface area contributed by atoms with E-state index in [2.05, 4.69) is 15.2 Å². The standard InChI is InChI=1S/C24H20N4O4/c1-14(2)23-25-21-19(12-29)26-27-20(13-30)22(21)28(23)11-15-7-9-16(10-8-15)17-5-3-4-6-18(17)24(31)32/h3-10,12-14H,11H2,1-2H3,(H,31,32). The van der Waals surface area contributed by atoms with Gasteiger partial charge in [0, 0.05) is 12.5 Å². The Morgan fingerprint density at radius 3 is 2.28 bits per heavy atom. The molecule has 0 aliphatic rings. The van der Waals surface area contributed by atoms with Crippen LogP contribution in [-0.4, -0.2) is 43.4 Å². The van der Waals surface area contributed by atoms with Crippen LogP contribution in [0.4, 0.5) is 0 Å². The van der Waals surface area contributed by atoms with Crippen molar-refractivity contribution in [2.45, 2.75) is 26.3 Å². The molecule has 160 valence electrons. The Balaban J connectivity index is 1.79. The first-order valence-electron chi connectivity index (χ1n) is 10.0. The molecule has 0 bridgehead atoms. The third-order valence-corrected chi connectivity index (χ3v) is 5.25. The van der Waals surface area contributed by atoms with Crippen molar-refractivity contribution in [3.8, 4) is 11.1 Å². The lowest BCUT2D eigenvalue weighted by atomic mass is 9.98. The van der Waals surface area contributed by atoms with Crippen molar-refractivity contribution in [3.63, 3.8) is 0 Å². The second-order valence-corrected chi connectivity index (χ2v) is 7.66. The molecule has 1 N–H and O–H groups in total. The van der Waals surface area contributed by atoms with Crippen LogP contribution in [0, 0.1) is 0 Å². The van der Waals surface area contributed by atoms with E-state index in [0.717, 1.165) is 11.1 Å². The molecule has 0 fully saturated rings. The van der Waals surface area contributed by atoms with Gasteiger partial charge in [-0.2, -0.15) is 0 Å². The van der Waals surface area contributed by atoms with Crippen LogP contribution in [0.1, 0.15) is 62.5 Å². The van der Waals surface area contributed by atoms with Crippen LogP contribution >= 0.6 is 0 Å². The molecule has 0 radical (unpaired) electrons. The third kappa shape index (κ3) is 3.66. The van der Waals surface area contributed by atoms with Gasteiger partial charge in [-0.05, 0) is 22.8 Å². The van der Waals surface area contributed by atoms with Crippen LogP contribution in [0.3, 0.4) is 0 Å². The van der Waals surface area contributed by atoms with E-state index in [1.165, 1.54) is 0 Å². The van der Waals surface area contributed by atoms with Gasteiger partial charge in [0.25, 0.3) is 0 Å². The Kier molecular flexibility index (Phi) is 5.59. The summed E-state index contributed by atoms with van der Waals surface area (Å²) in [4.78, 5) is 39.2. The van der Waals surface area contributed by atoms with Crippen molar-refractivity contribution in [1.82, 2.24) is 19.7 Å². The number of carbonyl (C=O) groups excluding carboxylic acids is 2. The van der Waals surface area contributed by atoms with E-state index >= 15 is 0 Å². The number of aromatic carboxylic acids is 1. The van der Waals surface area contributed by atoms with E-state index in [1.807, 2.05) is 42.7 Å². The molecular weight excluding hydrogens is 408 g/mol. The molecule has 0 unspecified atom stereocenters. The first-order valence-corrected chi connectivity index (χ1v) is 10.0. The minimum Gasteiger partial charge on any atom is -0.478 e. The van der Waals surface area contributed by atoms with Gasteiger partial charge in [-0.1, -0.05) is 56.3 Å². The Morgan fingerprint density at radius 1 is 1.00 bits per heavy atom. The van der Waals surface area contributed by atoms with Gasteiger partial charge in [0.15, 0.2) is 24.0 Å². The SMILES string of the molecule is CC(C)c1nc2c(C=O)nnc(C=O)c2n1Cc1ccc(-c2ccccc2C(=O)O)cc1. The molecule has 0 saturated heterocycles. The number of benzene rings is 2. The Bertz CT molecular complexity index is 1340. The number of aromatic nitrogens is 4. The fraction of sp³-hybridized carbons (Fsp3) is 0.167. The van der Waals surface area contributed by atoms with Crippen molar-refractivity contribution in [2.24, 2.45) is 0 Å². The minimum atomic E-state index is -0.982. The van der Waals surface area contributed by atoms with Gasteiger partial charge in [-0.15, -0.1) is 10.2 Å². The molecule has 0 saturated carbocycles. The number of nitrogens with zero attached hydrogens (tertiary/aromatic N) is 4. The highest BCUT2D eigenvalue weighted by Gasteiger charge is 2.21. The first-order chi connectivity index (χ1) is 15.4. The van der Waals surface area contributed by atoms with Crippen LogP contribution in [0.2, 0.25) is 0 Å². The van der Waals surface area contributed by atoms with Gasteiger partial charge in [-0.3, -0.25) is 9.59 Å². The van der Waals surface area contributed by atoms with Gasteiger partial charge in [0.05, 0.1) is 5.56 Å². The van der Waals surface area contributed by atoms with Crippen molar-refractivity contribution >= 4 is 29.6 Å². The van der Waals surface area contributed by atoms with Crippen LogP contribution in [0.15, 0.2) is 48.5 Å². The summed E-state index contributed by atoms with van der Waals surface area (Å²) in [5, 5.41) is 17.2. The van der Waals surface area contributed by atoms with Gasteiger partial charge in [0.1, 0.15) is 16.9 Å². The normalized spacial score (nSPS) is 11.1. The molecule has 0 aliphatic heterocycles. The highest BCUT2D eigenvalue weighted by atomic mass is 16.4. The first kappa shape index (κ1) is 21.0. The monoisotopic (exact) mass is 428 g/mol. The summed E-state index contributed by atoms with van der Waals surface area (Å²) >= 11 is 0. The summed E-state index contributed by atoms with van der Waals surface area (Å²) in [5.74, 6) is -0.242. The van der Waals surface area contributed by atoms with Crippen LogP contribution in [0.25, 0.3) is 22.2 Å². The molecule has 8 nitrogen and oxygen atoms in total. The Morgan fingerprint density at radius 2 is 1.66 bits per heavy atom. The zero-order valence-corrected chi connectivity index (χ0v) is 17.5. The number of carboxylic acids is 1. The van der Waals surface area contributed by atoms with Gasteiger partial charge >= 0.3 is 5.97 Å². The van der Waals surface area contributed by atoms with Crippen LogP contribution in [0.5, 0.6) is 0 Å². The van der Waals surface area contributed by atoms with E-state index in [0.29, 0.717) is 41.5 Å². The molecule has 8 heteroatoms. The number of rotatable bonds is 7. The fourth-order valence-electron chi connectivity index (χ4n) is 3.76. The molecule has 32 heavy (non-hydrogen) atoms. The average molecular weight is 428 g/mol. The van der Waals surface area contributed by atoms with Gasteiger partial charge < -0.3 is 9.67 Å². The Labute approximate surface area is 183 Å². The summed E-state index contributed by atoms with van der Waals surface area (Å²) in [5.41, 5.74) is 3.62. The molecular formula is C24H20N4O4. The maximum Gasteiger partial charge on any atom is 0.336 e. The number of fused-ring (bicyclic) bond motifs is 1. The average Bonchev–Trinajstić information content (AvgIpc) is 3.18. The zero-order valence-electron chi connectivity index (χ0n) is 17.5. The molecule has 2 aromatic heterocycles. The number of carboxylic acid groups (broad SMARTS) is 1. The second-order valence-electron chi connectivity index (χ2n) is 7.66. The lowest BCUT2D eigenvalue weighted by Crippen LogP contribution is -2.09. The summed E-state index contributed by atoms with van der Waals surface area (Å²) in [6, 6.07) is 14.4. The molecule has 0 spiro atoms. The predicted molar refractivity (Wildman–Crippen MR) is 118 cm³/mol. The summed E-state index contributed by atoms with van der Waals surface area (Å²) in [7, 11) is 0. The quantitative estimate of drug-likeness (QED) is 0.443. The molecule has 0 aliphatic carbocycles. The molecule has 2 heterocycles. The highest BCUT2D eigenvalue weighted by Crippen LogP contribution is 2.27. The molecule has 0 atom stereocenters. The smallest absolute Gasteiger partial charge is 0.336 e. The maximum absolute atomic E-state index is 11.6. The summed E-state index contributed by atoms with van der Waals surface area (Å²) in [6.45, 7) is 4.35. The number of aldehydes is 2. The van der Waals surface area contributed by atoms with E-state index in [4.69, 9.17) is 0 Å². The van der Waals surface area contributed by atoms with Gasteiger partial charge in [0.2, 0.25) is 0 Å². The molecule has 4 aromatic rings. The van der Waals surface area contributed by atoms with Crippen molar-refractivity contribution in [3.05, 3.63) is 76.9 Å². The fourth-order valence-corrected chi connectivity index (χ4v) is 3.76.